The molecule has 1 aromatic heterocycles. The first-order valence-corrected chi connectivity index (χ1v) is 13.1. The third-order valence-corrected chi connectivity index (χ3v) is 10.0. The Bertz CT molecular complexity index is 1070. The van der Waals surface area contributed by atoms with Gasteiger partial charge >= 0.3 is 0 Å². The highest BCUT2D eigenvalue weighted by Gasteiger charge is 2.54. The number of imide groups is 1. The van der Waals surface area contributed by atoms with Gasteiger partial charge in [-0.25, -0.2) is 5.01 Å². The maximum Gasteiger partial charge on any atom is 0.273 e. The minimum atomic E-state index is -0.681. The summed E-state index contributed by atoms with van der Waals surface area (Å²) in [6.07, 6.45) is 0.907. The van der Waals surface area contributed by atoms with Crippen molar-refractivity contribution in [3.63, 3.8) is 0 Å². The first-order chi connectivity index (χ1) is 15.2. The second-order valence-corrected chi connectivity index (χ2v) is 11.7. The first kappa shape index (κ1) is 23.9. The number of rotatable bonds is 5. The average molecular weight is 623 g/mol. The molecule has 2 heterocycles. The van der Waals surface area contributed by atoms with E-state index >= 15 is 0 Å². The van der Waals surface area contributed by atoms with Crippen LogP contribution in [-0.2, 0) is 9.59 Å². The summed E-state index contributed by atoms with van der Waals surface area (Å²) in [6, 6.07) is 7.61. The van der Waals surface area contributed by atoms with Gasteiger partial charge in [-0.3, -0.25) is 19.2 Å². The molecule has 2 aromatic rings. The number of halogens is 4. The molecule has 1 aliphatic heterocycles. The SMILES string of the molecule is O=C(CN(C(=O)c1ccc(Cl)c(Cl)c1)N1C(=O)[C@@H]2C[C@H](Br)[C@@H](Br)C[C@H]2C1=O)c1cccs1. The van der Waals surface area contributed by atoms with Gasteiger partial charge in [-0.15, -0.1) is 11.3 Å². The van der Waals surface area contributed by atoms with Gasteiger partial charge in [-0.05, 0) is 42.5 Å². The largest absolute Gasteiger partial charge is 0.291 e. The maximum atomic E-state index is 13.4. The predicted molar refractivity (Wildman–Crippen MR) is 130 cm³/mol. The Kier molecular flexibility index (Phi) is 7.12. The number of carbonyl (C=O) groups excluding carboxylic acids is 4. The normalized spacial score (nSPS) is 25.1. The van der Waals surface area contributed by atoms with Crippen LogP contribution in [0.1, 0.15) is 32.9 Å². The zero-order chi connectivity index (χ0) is 23.2. The summed E-state index contributed by atoms with van der Waals surface area (Å²) >= 11 is 20.4. The topological polar surface area (TPSA) is 74.8 Å². The van der Waals surface area contributed by atoms with Crippen LogP contribution in [0.5, 0.6) is 0 Å². The summed E-state index contributed by atoms with van der Waals surface area (Å²) in [6.45, 7) is -0.452. The Morgan fingerprint density at radius 3 is 2.19 bits per heavy atom. The monoisotopic (exact) mass is 620 g/mol. The second kappa shape index (κ2) is 9.54. The molecule has 0 spiro atoms. The third-order valence-electron chi connectivity index (χ3n) is 5.62. The molecule has 0 N–H and O–H groups in total. The standard InChI is InChI=1S/C21H16Br2Cl2N2O4S/c22-13-7-11-12(8-14(13)23)21(31)27(20(11)30)26(9-17(28)18-2-1-5-32-18)19(29)10-3-4-15(24)16(25)6-10/h1-6,11-14H,7-9H2/t11-,12-,13+,14+/m1/s1. The quantitative estimate of drug-likeness (QED) is 0.261. The summed E-state index contributed by atoms with van der Waals surface area (Å²) in [4.78, 5) is 53.3. The fourth-order valence-corrected chi connectivity index (χ4v) is 6.17. The van der Waals surface area contributed by atoms with Gasteiger partial charge in [0.1, 0.15) is 6.54 Å². The lowest BCUT2D eigenvalue weighted by atomic mass is 9.81. The van der Waals surface area contributed by atoms with Gasteiger partial charge < -0.3 is 0 Å². The number of Topliss-reactive ketones (excluding diaryl/α,β-unsaturated/α-hetero) is 1. The Balaban J connectivity index is 1.70. The Labute approximate surface area is 215 Å². The van der Waals surface area contributed by atoms with E-state index in [1.807, 2.05) is 0 Å². The van der Waals surface area contributed by atoms with Crippen molar-refractivity contribution in [3.8, 4) is 0 Å². The van der Waals surface area contributed by atoms with Crippen molar-refractivity contribution in [2.75, 3.05) is 6.54 Å². The van der Waals surface area contributed by atoms with E-state index in [0.717, 1.165) is 10.0 Å². The number of fused-ring (bicyclic) bond motifs is 1. The molecule has 6 nitrogen and oxygen atoms in total. The number of hydrogen-bond acceptors (Lipinski definition) is 5. The van der Waals surface area contributed by atoms with Gasteiger partial charge in [0.05, 0.1) is 26.8 Å². The lowest BCUT2D eigenvalue weighted by molar-refractivity contribution is -0.154. The summed E-state index contributed by atoms with van der Waals surface area (Å²) in [5, 5.41) is 3.95. The number of hydrazine groups is 1. The van der Waals surface area contributed by atoms with Crippen LogP contribution < -0.4 is 0 Å². The molecule has 2 fully saturated rings. The van der Waals surface area contributed by atoms with Crippen molar-refractivity contribution < 1.29 is 19.2 Å². The number of hydrogen-bond donors (Lipinski definition) is 0. The average Bonchev–Trinajstić information content (AvgIpc) is 3.37. The smallest absolute Gasteiger partial charge is 0.273 e. The number of benzene rings is 1. The molecule has 0 bridgehead atoms. The molecule has 4 rings (SSSR count). The Morgan fingerprint density at radius 1 is 1.03 bits per heavy atom. The van der Waals surface area contributed by atoms with Crippen molar-refractivity contribution >= 4 is 89.9 Å². The van der Waals surface area contributed by atoms with Gasteiger partial charge in [0.15, 0.2) is 5.78 Å². The van der Waals surface area contributed by atoms with E-state index < -0.39 is 36.1 Å². The fourth-order valence-electron chi connectivity index (χ4n) is 3.98. The minimum absolute atomic E-state index is 0.0208. The zero-order valence-corrected chi connectivity index (χ0v) is 21.8. The molecule has 0 radical (unpaired) electrons. The molecule has 32 heavy (non-hydrogen) atoms. The van der Waals surface area contributed by atoms with Crippen molar-refractivity contribution in [1.29, 1.82) is 0 Å². The molecular formula is C21H16Br2Cl2N2O4S. The molecule has 1 aliphatic carbocycles. The number of amides is 3. The van der Waals surface area contributed by atoms with Crippen LogP contribution in [0.2, 0.25) is 10.0 Å². The van der Waals surface area contributed by atoms with Crippen LogP contribution in [0.15, 0.2) is 35.7 Å². The van der Waals surface area contributed by atoms with Gasteiger partial charge in [-0.1, -0.05) is 61.1 Å². The number of carbonyl (C=O) groups is 4. The van der Waals surface area contributed by atoms with Crippen molar-refractivity contribution in [1.82, 2.24) is 10.0 Å². The van der Waals surface area contributed by atoms with E-state index in [0.29, 0.717) is 17.7 Å². The van der Waals surface area contributed by atoms with E-state index in [1.165, 1.54) is 29.5 Å². The van der Waals surface area contributed by atoms with E-state index in [1.54, 1.807) is 17.5 Å². The van der Waals surface area contributed by atoms with E-state index in [2.05, 4.69) is 31.9 Å². The van der Waals surface area contributed by atoms with Crippen LogP contribution in [0, 0.1) is 11.8 Å². The molecule has 11 heteroatoms. The first-order valence-electron chi connectivity index (χ1n) is 9.68. The van der Waals surface area contributed by atoms with Gasteiger partial charge in [-0.2, -0.15) is 5.01 Å². The van der Waals surface area contributed by atoms with Crippen LogP contribution in [0.25, 0.3) is 0 Å². The number of alkyl halides is 2. The van der Waals surface area contributed by atoms with Crippen LogP contribution >= 0.6 is 66.4 Å². The van der Waals surface area contributed by atoms with Crippen molar-refractivity contribution in [3.05, 3.63) is 56.2 Å². The lowest BCUT2D eigenvalue weighted by Gasteiger charge is -2.30. The summed E-state index contributed by atoms with van der Waals surface area (Å²) in [7, 11) is 0. The number of ketones is 1. The van der Waals surface area contributed by atoms with E-state index in [4.69, 9.17) is 23.2 Å². The molecule has 168 valence electrons. The van der Waals surface area contributed by atoms with Crippen molar-refractivity contribution in [2.45, 2.75) is 22.5 Å². The van der Waals surface area contributed by atoms with E-state index in [9.17, 15) is 19.2 Å². The molecule has 0 unspecified atom stereocenters. The minimum Gasteiger partial charge on any atom is -0.291 e. The summed E-state index contributed by atoms with van der Waals surface area (Å²) < 4.78 is 0. The maximum absolute atomic E-state index is 13.4. The Hall–Kier alpha value is -1.26. The highest BCUT2D eigenvalue weighted by molar-refractivity contribution is 9.12. The van der Waals surface area contributed by atoms with Gasteiger partial charge in [0, 0.05) is 15.2 Å². The molecule has 1 saturated carbocycles. The molecule has 1 saturated heterocycles. The van der Waals surface area contributed by atoms with Crippen LogP contribution in [0.3, 0.4) is 0 Å². The number of thiophene rings is 1. The summed E-state index contributed by atoms with van der Waals surface area (Å²) in [5.41, 5.74) is 0.116. The highest BCUT2D eigenvalue weighted by atomic mass is 79.9. The predicted octanol–water partition coefficient (Wildman–Crippen LogP) is 5.22. The Morgan fingerprint density at radius 2 is 1.66 bits per heavy atom. The number of nitrogens with zero attached hydrogens (tertiary/aromatic N) is 2. The van der Waals surface area contributed by atoms with Crippen molar-refractivity contribution in [2.24, 2.45) is 11.8 Å². The van der Waals surface area contributed by atoms with E-state index in [-0.39, 0.29) is 31.0 Å². The summed E-state index contributed by atoms with van der Waals surface area (Å²) in [5.74, 6) is -3.11. The molecular weight excluding hydrogens is 607 g/mol. The highest BCUT2D eigenvalue weighted by Crippen LogP contribution is 2.43. The zero-order valence-electron chi connectivity index (χ0n) is 16.3. The molecule has 3 amide bonds. The molecule has 4 atom stereocenters. The fraction of sp³-hybridized carbons (Fsp3) is 0.333. The van der Waals surface area contributed by atoms with Gasteiger partial charge in [0.25, 0.3) is 17.7 Å². The van der Waals surface area contributed by atoms with Crippen LogP contribution in [0.4, 0.5) is 0 Å². The lowest BCUT2D eigenvalue weighted by Crippen LogP contribution is -2.52. The molecule has 1 aromatic carbocycles. The second-order valence-electron chi connectivity index (χ2n) is 7.60. The van der Waals surface area contributed by atoms with Gasteiger partial charge in [0.2, 0.25) is 0 Å². The molecule has 2 aliphatic rings. The third kappa shape index (κ3) is 4.42. The van der Waals surface area contributed by atoms with Crippen LogP contribution in [-0.4, -0.2) is 49.7 Å².